The SMILES string of the molecule is COC(=O)C1CCN(C(=O)COC(=O)c2ccccc2NCCC2=CCCCC2)CC1. The summed E-state index contributed by atoms with van der Waals surface area (Å²) < 4.78 is 10.1. The molecule has 0 bridgehead atoms. The van der Waals surface area contributed by atoms with Crippen molar-refractivity contribution < 1.29 is 23.9 Å². The van der Waals surface area contributed by atoms with Crippen molar-refractivity contribution in [2.75, 3.05) is 38.7 Å². The maximum absolute atomic E-state index is 12.6. The third kappa shape index (κ3) is 6.57. The highest BCUT2D eigenvalue weighted by Gasteiger charge is 2.28. The van der Waals surface area contributed by atoms with Gasteiger partial charge in [-0.25, -0.2) is 4.79 Å². The predicted molar refractivity (Wildman–Crippen MR) is 118 cm³/mol. The lowest BCUT2D eigenvalue weighted by molar-refractivity contribution is -0.149. The number of hydrogen-bond donors (Lipinski definition) is 1. The number of anilines is 1. The minimum absolute atomic E-state index is 0.168. The highest BCUT2D eigenvalue weighted by atomic mass is 16.5. The van der Waals surface area contributed by atoms with Gasteiger partial charge in [0.2, 0.25) is 0 Å². The average Bonchev–Trinajstić information content (AvgIpc) is 2.83. The molecule has 0 saturated carbocycles. The molecule has 1 fully saturated rings. The zero-order chi connectivity index (χ0) is 22.1. The molecule has 1 aromatic rings. The number of ether oxygens (including phenoxy) is 2. The van der Waals surface area contributed by atoms with E-state index in [9.17, 15) is 14.4 Å². The normalized spacial score (nSPS) is 16.9. The second-order valence-corrected chi connectivity index (χ2v) is 8.08. The summed E-state index contributed by atoms with van der Waals surface area (Å²) in [7, 11) is 1.37. The van der Waals surface area contributed by atoms with E-state index < -0.39 is 5.97 Å². The van der Waals surface area contributed by atoms with Gasteiger partial charge in [0.25, 0.3) is 5.91 Å². The van der Waals surface area contributed by atoms with E-state index in [1.165, 1.54) is 25.5 Å². The molecule has 2 aliphatic rings. The second kappa shape index (κ2) is 11.5. The van der Waals surface area contributed by atoms with Crippen LogP contribution in [0.3, 0.4) is 0 Å². The number of allylic oxidation sites excluding steroid dienone is 1. The third-order valence-electron chi connectivity index (χ3n) is 6.00. The summed E-state index contributed by atoms with van der Waals surface area (Å²) in [6.45, 7) is 1.38. The van der Waals surface area contributed by atoms with E-state index in [4.69, 9.17) is 9.47 Å². The van der Waals surface area contributed by atoms with Gasteiger partial charge in [0, 0.05) is 25.3 Å². The second-order valence-electron chi connectivity index (χ2n) is 8.08. The van der Waals surface area contributed by atoms with Crippen molar-refractivity contribution in [2.45, 2.75) is 44.9 Å². The number of hydrogen-bond acceptors (Lipinski definition) is 6. The number of rotatable bonds is 8. The Morgan fingerprint density at radius 2 is 1.90 bits per heavy atom. The average molecular weight is 429 g/mol. The highest BCUT2D eigenvalue weighted by Crippen LogP contribution is 2.22. The smallest absolute Gasteiger partial charge is 0.340 e. The first-order valence-electron chi connectivity index (χ1n) is 11.1. The molecule has 1 N–H and O–H groups in total. The first-order chi connectivity index (χ1) is 15.1. The molecule has 168 valence electrons. The zero-order valence-corrected chi connectivity index (χ0v) is 18.2. The molecular weight excluding hydrogens is 396 g/mol. The predicted octanol–water partition coefficient (Wildman–Crippen LogP) is 3.56. The van der Waals surface area contributed by atoms with Gasteiger partial charge in [0.1, 0.15) is 0 Å². The lowest BCUT2D eigenvalue weighted by atomic mass is 9.97. The maximum atomic E-state index is 12.6. The van der Waals surface area contributed by atoms with Crippen LogP contribution in [0.2, 0.25) is 0 Å². The van der Waals surface area contributed by atoms with Gasteiger partial charge in [-0.1, -0.05) is 23.8 Å². The Morgan fingerprint density at radius 1 is 1.13 bits per heavy atom. The van der Waals surface area contributed by atoms with Crippen molar-refractivity contribution in [1.82, 2.24) is 4.90 Å². The molecule has 1 heterocycles. The van der Waals surface area contributed by atoms with Crippen molar-refractivity contribution in [2.24, 2.45) is 5.92 Å². The quantitative estimate of drug-likeness (QED) is 0.503. The van der Waals surface area contributed by atoms with Crippen molar-refractivity contribution >= 4 is 23.5 Å². The molecule has 0 unspecified atom stereocenters. The number of nitrogens with one attached hydrogen (secondary N) is 1. The molecule has 7 nitrogen and oxygen atoms in total. The number of carbonyl (C=O) groups excluding carboxylic acids is 3. The molecule has 7 heteroatoms. The van der Waals surface area contributed by atoms with E-state index in [0.29, 0.717) is 31.5 Å². The van der Waals surface area contributed by atoms with Crippen molar-refractivity contribution in [1.29, 1.82) is 0 Å². The van der Waals surface area contributed by atoms with Crippen molar-refractivity contribution in [3.05, 3.63) is 41.5 Å². The van der Waals surface area contributed by atoms with Crippen LogP contribution >= 0.6 is 0 Å². The molecule has 1 aliphatic carbocycles. The fourth-order valence-electron chi connectivity index (χ4n) is 4.13. The van der Waals surface area contributed by atoms with Crippen LogP contribution in [-0.2, 0) is 19.1 Å². The van der Waals surface area contributed by atoms with Crippen LogP contribution in [-0.4, -0.2) is 56.1 Å². The summed E-state index contributed by atoms with van der Waals surface area (Å²) in [5.41, 5.74) is 2.62. The Balaban J connectivity index is 1.46. The number of amides is 1. The number of benzene rings is 1. The van der Waals surface area contributed by atoms with Crippen LogP contribution in [0.25, 0.3) is 0 Å². The summed E-state index contributed by atoms with van der Waals surface area (Å²) in [6.07, 6.45) is 9.26. The largest absolute Gasteiger partial charge is 0.469 e. The Bertz CT molecular complexity index is 812. The number of carbonyl (C=O) groups is 3. The van der Waals surface area contributed by atoms with Crippen molar-refractivity contribution in [3.63, 3.8) is 0 Å². The maximum Gasteiger partial charge on any atom is 0.340 e. The van der Waals surface area contributed by atoms with Gasteiger partial charge < -0.3 is 19.7 Å². The van der Waals surface area contributed by atoms with Gasteiger partial charge in [-0.15, -0.1) is 0 Å². The summed E-state index contributed by atoms with van der Waals surface area (Å²) in [4.78, 5) is 38.3. The number of piperidine rings is 1. The molecule has 0 aromatic heterocycles. The van der Waals surface area contributed by atoms with Gasteiger partial charge in [-0.3, -0.25) is 9.59 Å². The Labute approximate surface area is 183 Å². The van der Waals surface area contributed by atoms with Gasteiger partial charge in [-0.05, 0) is 57.1 Å². The summed E-state index contributed by atoms with van der Waals surface area (Å²) in [5.74, 6) is -1.16. The third-order valence-corrected chi connectivity index (χ3v) is 6.00. The number of methoxy groups -OCH3 is 1. The van der Waals surface area contributed by atoms with Gasteiger partial charge in [0.15, 0.2) is 6.61 Å². The Morgan fingerprint density at radius 3 is 2.61 bits per heavy atom. The van der Waals surface area contributed by atoms with Crippen LogP contribution in [0.5, 0.6) is 0 Å². The zero-order valence-electron chi connectivity index (χ0n) is 18.2. The van der Waals surface area contributed by atoms with E-state index in [1.807, 2.05) is 12.1 Å². The lowest BCUT2D eigenvalue weighted by Gasteiger charge is -2.30. The van der Waals surface area contributed by atoms with Crippen LogP contribution in [0.1, 0.15) is 55.3 Å². The first kappa shape index (κ1) is 22.8. The number of esters is 2. The van der Waals surface area contributed by atoms with Gasteiger partial charge >= 0.3 is 11.9 Å². The van der Waals surface area contributed by atoms with Crippen LogP contribution in [0, 0.1) is 5.92 Å². The van der Waals surface area contributed by atoms with Crippen LogP contribution in [0.15, 0.2) is 35.9 Å². The fraction of sp³-hybridized carbons (Fsp3) is 0.542. The molecule has 3 rings (SSSR count). The van der Waals surface area contributed by atoms with Crippen LogP contribution in [0.4, 0.5) is 5.69 Å². The lowest BCUT2D eigenvalue weighted by Crippen LogP contribution is -2.42. The van der Waals surface area contributed by atoms with E-state index in [-0.39, 0.29) is 24.4 Å². The van der Waals surface area contributed by atoms with Gasteiger partial charge in [0.05, 0.1) is 18.6 Å². The Kier molecular flexibility index (Phi) is 8.50. The summed E-state index contributed by atoms with van der Waals surface area (Å²) >= 11 is 0. The standard InChI is InChI=1S/C24H32N2O5/c1-30-23(28)19-12-15-26(16-13-19)22(27)17-31-24(29)20-9-5-6-10-21(20)25-14-11-18-7-3-2-4-8-18/h5-7,9-10,19,25H,2-4,8,11-17H2,1H3. The molecule has 0 spiro atoms. The Hall–Kier alpha value is -2.83. The van der Waals surface area contributed by atoms with Crippen LogP contribution < -0.4 is 5.32 Å². The first-order valence-corrected chi connectivity index (χ1v) is 11.1. The molecular formula is C24H32N2O5. The molecule has 31 heavy (non-hydrogen) atoms. The van der Waals surface area contributed by atoms with Crippen molar-refractivity contribution in [3.8, 4) is 0 Å². The van der Waals surface area contributed by atoms with E-state index in [2.05, 4.69) is 11.4 Å². The highest BCUT2D eigenvalue weighted by molar-refractivity contribution is 5.96. The van der Waals surface area contributed by atoms with E-state index >= 15 is 0 Å². The fourth-order valence-corrected chi connectivity index (χ4v) is 4.13. The molecule has 1 aliphatic heterocycles. The summed E-state index contributed by atoms with van der Waals surface area (Å²) in [5, 5.41) is 3.33. The number of nitrogens with zero attached hydrogens (tertiary/aromatic N) is 1. The topological polar surface area (TPSA) is 84.9 Å². The molecule has 0 atom stereocenters. The molecule has 0 radical (unpaired) electrons. The minimum atomic E-state index is -0.516. The molecule has 1 amide bonds. The monoisotopic (exact) mass is 428 g/mol. The van der Waals surface area contributed by atoms with E-state index in [1.54, 1.807) is 17.0 Å². The number of para-hydroxylation sites is 1. The number of likely N-dealkylation sites (tertiary alicyclic amines) is 1. The summed E-state index contributed by atoms with van der Waals surface area (Å²) in [6, 6.07) is 7.21. The molecule has 1 saturated heterocycles. The minimum Gasteiger partial charge on any atom is -0.469 e. The molecule has 1 aromatic carbocycles. The van der Waals surface area contributed by atoms with E-state index in [0.717, 1.165) is 31.5 Å². The van der Waals surface area contributed by atoms with Gasteiger partial charge in [-0.2, -0.15) is 0 Å².